The van der Waals surface area contributed by atoms with Crippen molar-refractivity contribution in [1.29, 1.82) is 0 Å². The van der Waals surface area contributed by atoms with Crippen LogP contribution in [0.4, 0.5) is 5.13 Å². The monoisotopic (exact) mass is 463 g/mol. The van der Waals surface area contributed by atoms with Crippen molar-refractivity contribution in [3.63, 3.8) is 0 Å². The van der Waals surface area contributed by atoms with Crippen LogP contribution in [0.15, 0.2) is 53.9 Å². The number of nitrogens with zero attached hydrogens (tertiary/aromatic N) is 2. The Morgan fingerprint density at radius 3 is 2.58 bits per heavy atom. The fourth-order valence-electron chi connectivity index (χ4n) is 3.69. The van der Waals surface area contributed by atoms with Gasteiger partial charge >= 0.3 is 0 Å². The Kier molecular flexibility index (Phi) is 7.04. The highest BCUT2D eigenvalue weighted by molar-refractivity contribution is 7.14. The van der Waals surface area contributed by atoms with Crippen LogP contribution in [0.5, 0.6) is 11.5 Å². The summed E-state index contributed by atoms with van der Waals surface area (Å²) < 4.78 is 10.8. The van der Waals surface area contributed by atoms with Crippen LogP contribution in [0.2, 0.25) is 0 Å². The third-order valence-electron chi connectivity index (χ3n) is 5.41. The molecule has 2 aromatic carbocycles. The van der Waals surface area contributed by atoms with Crippen LogP contribution in [0.1, 0.15) is 22.4 Å². The molecular formula is C25H25N3O4S. The number of rotatable bonds is 7. The van der Waals surface area contributed by atoms with Gasteiger partial charge in [-0.3, -0.25) is 14.9 Å². The minimum absolute atomic E-state index is 0.00239. The van der Waals surface area contributed by atoms with Crippen molar-refractivity contribution in [3.05, 3.63) is 76.3 Å². The summed E-state index contributed by atoms with van der Waals surface area (Å²) in [5.74, 6) is 1.10. The van der Waals surface area contributed by atoms with E-state index in [0.29, 0.717) is 35.4 Å². The Morgan fingerprint density at radius 1 is 1.12 bits per heavy atom. The van der Waals surface area contributed by atoms with E-state index < -0.39 is 0 Å². The van der Waals surface area contributed by atoms with Crippen molar-refractivity contribution in [2.24, 2.45) is 0 Å². The van der Waals surface area contributed by atoms with Crippen LogP contribution in [-0.4, -0.2) is 42.5 Å². The molecule has 1 aliphatic heterocycles. The zero-order valence-electron chi connectivity index (χ0n) is 18.5. The van der Waals surface area contributed by atoms with Crippen LogP contribution in [0.25, 0.3) is 6.08 Å². The molecule has 2 amide bonds. The topological polar surface area (TPSA) is 80.8 Å². The van der Waals surface area contributed by atoms with Gasteiger partial charge in [-0.1, -0.05) is 30.3 Å². The van der Waals surface area contributed by atoms with Crippen molar-refractivity contribution in [2.45, 2.75) is 19.4 Å². The summed E-state index contributed by atoms with van der Waals surface area (Å²) in [6.07, 6.45) is 4.16. The lowest BCUT2D eigenvalue weighted by molar-refractivity contribution is -0.131. The predicted molar refractivity (Wildman–Crippen MR) is 129 cm³/mol. The first-order valence-corrected chi connectivity index (χ1v) is 11.4. The number of methoxy groups -OCH3 is 2. The van der Waals surface area contributed by atoms with Crippen molar-refractivity contribution in [1.82, 2.24) is 9.88 Å². The molecule has 1 aliphatic rings. The summed E-state index contributed by atoms with van der Waals surface area (Å²) in [5, 5.41) is 5.03. The Hall–Kier alpha value is -3.65. The summed E-state index contributed by atoms with van der Waals surface area (Å²) in [4.78, 5) is 31.3. The van der Waals surface area contributed by atoms with E-state index in [0.717, 1.165) is 17.5 Å². The third-order valence-corrected chi connectivity index (χ3v) is 6.22. The lowest BCUT2D eigenvalue weighted by Gasteiger charge is -2.29. The SMILES string of the molecule is COc1cc2c(cc1OC)CN(C(=O)Cc1csc(NC(=O)/C=C/c3ccccc3)n1)CC2. The molecule has 4 rings (SSSR count). The lowest BCUT2D eigenvalue weighted by atomic mass is 9.98. The summed E-state index contributed by atoms with van der Waals surface area (Å²) in [6.45, 7) is 1.16. The minimum Gasteiger partial charge on any atom is -0.493 e. The Morgan fingerprint density at radius 2 is 1.85 bits per heavy atom. The Balaban J connectivity index is 1.34. The van der Waals surface area contributed by atoms with Crippen molar-refractivity contribution in [2.75, 3.05) is 26.1 Å². The molecule has 2 heterocycles. The van der Waals surface area contributed by atoms with Crippen molar-refractivity contribution >= 4 is 34.4 Å². The van der Waals surface area contributed by atoms with Gasteiger partial charge in [-0.25, -0.2) is 4.98 Å². The molecule has 1 aromatic heterocycles. The van der Waals surface area contributed by atoms with Gasteiger partial charge in [0.1, 0.15) is 0 Å². The molecule has 8 heteroatoms. The number of nitrogens with one attached hydrogen (secondary N) is 1. The minimum atomic E-state index is -0.261. The number of benzene rings is 2. The number of amides is 2. The summed E-state index contributed by atoms with van der Waals surface area (Å²) in [6, 6.07) is 13.5. The molecule has 0 saturated heterocycles. The van der Waals surface area contributed by atoms with E-state index in [4.69, 9.17) is 9.47 Å². The van der Waals surface area contributed by atoms with Crippen LogP contribution >= 0.6 is 11.3 Å². The zero-order chi connectivity index (χ0) is 23.2. The number of anilines is 1. The maximum atomic E-state index is 12.9. The predicted octanol–water partition coefficient (Wildman–Crippen LogP) is 3.94. The van der Waals surface area contributed by atoms with Crippen LogP contribution < -0.4 is 14.8 Å². The van der Waals surface area contributed by atoms with Crippen LogP contribution in [0.3, 0.4) is 0 Å². The van der Waals surface area contributed by atoms with E-state index in [1.807, 2.05) is 47.4 Å². The number of hydrogen-bond donors (Lipinski definition) is 1. The molecule has 0 unspecified atom stereocenters. The van der Waals surface area contributed by atoms with E-state index in [1.165, 1.54) is 23.0 Å². The molecule has 0 spiro atoms. The van der Waals surface area contributed by atoms with Gasteiger partial charge in [0.2, 0.25) is 11.8 Å². The first-order valence-electron chi connectivity index (χ1n) is 10.6. The number of thiazole rings is 1. The van der Waals surface area contributed by atoms with Gasteiger partial charge in [0.25, 0.3) is 0 Å². The average molecular weight is 464 g/mol. The number of carbonyl (C=O) groups is 2. The van der Waals surface area contributed by atoms with Crippen molar-refractivity contribution in [3.8, 4) is 11.5 Å². The quantitative estimate of drug-likeness (QED) is 0.537. The van der Waals surface area contributed by atoms with Gasteiger partial charge in [-0.05, 0) is 41.3 Å². The molecule has 3 aromatic rings. The van der Waals surface area contributed by atoms with Gasteiger partial charge in [0, 0.05) is 24.5 Å². The second kappa shape index (κ2) is 10.3. The lowest BCUT2D eigenvalue weighted by Crippen LogP contribution is -2.37. The highest BCUT2D eigenvalue weighted by atomic mass is 32.1. The van der Waals surface area contributed by atoms with E-state index in [1.54, 1.807) is 25.7 Å². The number of ether oxygens (including phenoxy) is 2. The zero-order valence-corrected chi connectivity index (χ0v) is 19.4. The summed E-state index contributed by atoms with van der Waals surface area (Å²) >= 11 is 1.31. The molecule has 0 fully saturated rings. The third kappa shape index (κ3) is 5.59. The Bertz CT molecular complexity index is 1170. The number of aromatic nitrogens is 1. The van der Waals surface area contributed by atoms with Crippen LogP contribution in [-0.2, 0) is 29.0 Å². The van der Waals surface area contributed by atoms with E-state index in [2.05, 4.69) is 10.3 Å². The fourth-order valence-corrected chi connectivity index (χ4v) is 4.40. The fraction of sp³-hybridized carbons (Fsp3) is 0.240. The normalized spacial score (nSPS) is 13.0. The van der Waals surface area contributed by atoms with Gasteiger partial charge in [-0.2, -0.15) is 0 Å². The number of carbonyl (C=O) groups excluding carboxylic acids is 2. The summed E-state index contributed by atoms with van der Waals surface area (Å²) in [5.41, 5.74) is 3.81. The first kappa shape index (κ1) is 22.5. The van der Waals surface area contributed by atoms with Gasteiger partial charge in [0.05, 0.1) is 26.3 Å². The molecule has 0 radical (unpaired) electrons. The molecule has 33 heavy (non-hydrogen) atoms. The van der Waals surface area contributed by atoms with E-state index >= 15 is 0 Å². The second-order valence-electron chi connectivity index (χ2n) is 7.60. The Labute approximate surface area is 196 Å². The number of hydrogen-bond acceptors (Lipinski definition) is 6. The molecule has 0 atom stereocenters. The highest BCUT2D eigenvalue weighted by Crippen LogP contribution is 2.33. The van der Waals surface area contributed by atoms with Crippen molar-refractivity contribution < 1.29 is 19.1 Å². The molecule has 0 aliphatic carbocycles. The highest BCUT2D eigenvalue weighted by Gasteiger charge is 2.23. The molecule has 0 saturated carbocycles. The van der Waals surface area contributed by atoms with Gasteiger partial charge in [0.15, 0.2) is 16.6 Å². The maximum Gasteiger partial charge on any atom is 0.250 e. The molecule has 1 N–H and O–H groups in total. The number of fused-ring (bicyclic) bond motifs is 1. The molecule has 7 nitrogen and oxygen atoms in total. The molecule has 0 bridgehead atoms. The largest absolute Gasteiger partial charge is 0.493 e. The van der Waals surface area contributed by atoms with E-state index in [9.17, 15) is 9.59 Å². The molecular weight excluding hydrogens is 438 g/mol. The maximum absolute atomic E-state index is 12.9. The standard InChI is InChI=1S/C25H25N3O4S/c1-31-21-12-18-10-11-28(15-19(18)13-22(21)32-2)24(30)14-20-16-33-25(26-20)27-23(29)9-8-17-6-4-3-5-7-17/h3-9,12-13,16H,10-11,14-15H2,1-2H3,(H,26,27,29)/b9-8+. The van der Waals surface area contributed by atoms with Gasteiger partial charge in [-0.15, -0.1) is 11.3 Å². The smallest absolute Gasteiger partial charge is 0.250 e. The molecule has 170 valence electrons. The summed E-state index contributed by atoms with van der Waals surface area (Å²) in [7, 11) is 3.22. The average Bonchev–Trinajstić information content (AvgIpc) is 3.28. The second-order valence-corrected chi connectivity index (χ2v) is 8.45. The van der Waals surface area contributed by atoms with Crippen LogP contribution in [0, 0.1) is 0 Å². The first-order chi connectivity index (χ1) is 16.1. The van der Waals surface area contributed by atoms with Gasteiger partial charge < -0.3 is 14.4 Å². The van der Waals surface area contributed by atoms with E-state index in [-0.39, 0.29) is 18.2 Å².